The SMILES string of the molecule is C[C@@H](NC(=O)[C@H]1CCCN(S(=O)(=O)c2ccc(Cl)cc2)C1)c1ccc(F)cc1. The van der Waals surface area contributed by atoms with Crippen LogP contribution in [-0.2, 0) is 14.8 Å². The molecular formula is C20H22ClFN2O3S. The number of carbonyl (C=O) groups excluding carboxylic acids is 1. The Bertz CT molecular complexity index is 933. The molecule has 0 aromatic heterocycles. The molecule has 0 saturated carbocycles. The number of nitrogens with one attached hydrogen (secondary N) is 1. The van der Waals surface area contributed by atoms with Crippen LogP contribution in [0.2, 0.25) is 5.02 Å². The van der Waals surface area contributed by atoms with E-state index < -0.39 is 15.9 Å². The quantitative estimate of drug-likeness (QED) is 0.794. The summed E-state index contributed by atoms with van der Waals surface area (Å²) in [5.74, 6) is -0.968. The molecule has 2 aromatic rings. The maximum Gasteiger partial charge on any atom is 0.243 e. The van der Waals surface area contributed by atoms with Gasteiger partial charge in [0.15, 0.2) is 0 Å². The number of amides is 1. The first-order valence-electron chi connectivity index (χ1n) is 9.09. The van der Waals surface area contributed by atoms with Gasteiger partial charge < -0.3 is 5.32 Å². The number of hydrogen-bond donors (Lipinski definition) is 1. The Morgan fingerprint density at radius 3 is 2.46 bits per heavy atom. The van der Waals surface area contributed by atoms with Gasteiger partial charge in [0.25, 0.3) is 0 Å². The van der Waals surface area contributed by atoms with Gasteiger partial charge in [-0.15, -0.1) is 0 Å². The minimum atomic E-state index is -3.68. The van der Waals surface area contributed by atoms with Crippen LogP contribution in [0.25, 0.3) is 0 Å². The Kier molecular flexibility index (Phi) is 6.37. The molecule has 150 valence electrons. The minimum Gasteiger partial charge on any atom is -0.349 e. The van der Waals surface area contributed by atoms with Crippen molar-refractivity contribution in [3.63, 3.8) is 0 Å². The fourth-order valence-electron chi connectivity index (χ4n) is 3.30. The number of hydrogen-bond acceptors (Lipinski definition) is 3. The van der Waals surface area contributed by atoms with Crippen LogP contribution in [0, 0.1) is 11.7 Å². The van der Waals surface area contributed by atoms with Crippen molar-refractivity contribution in [2.45, 2.75) is 30.7 Å². The van der Waals surface area contributed by atoms with E-state index in [9.17, 15) is 17.6 Å². The van der Waals surface area contributed by atoms with Gasteiger partial charge in [0.2, 0.25) is 15.9 Å². The van der Waals surface area contributed by atoms with E-state index in [0.717, 1.165) is 5.56 Å². The fraction of sp³-hybridized carbons (Fsp3) is 0.350. The van der Waals surface area contributed by atoms with Gasteiger partial charge in [-0.25, -0.2) is 12.8 Å². The van der Waals surface area contributed by atoms with Crippen molar-refractivity contribution in [1.82, 2.24) is 9.62 Å². The van der Waals surface area contributed by atoms with E-state index in [1.165, 1.54) is 40.7 Å². The van der Waals surface area contributed by atoms with Crippen molar-refractivity contribution in [3.8, 4) is 0 Å². The zero-order valence-electron chi connectivity index (χ0n) is 15.4. The number of sulfonamides is 1. The summed E-state index contributed by atoms with van der Waals surface area (Å²) in [6.45, 7) is 2.32. The van der Waals surface area contributed by atoms with Crippen molar-refractivity contribution in [3.05, 3.63) is 64.9 Å². The van der Waals surface area contributed by atoms with Gasteiger partial charge in [0.05, 0.1) is 16.9 Å². The van der Waals surface area contributed by atoms with Crippen molar-refractivity contribution in [1.29, 1.82) is 0 Å². The molecule has 0 unspecified atom stereocenters. The molecule has 0 spiro atoms. The first-order chi connectivity index (χ1) is 13.3. The lowest BCUT2D eigenvalue weighted by Crippen LogP contribution is -2.45. The van der Waals surface area contributed by atoms with Crippen molar-refractivity contribution >= 4 is 27.5 Å². The number of rotatable bonds is 5. The van der Waals surface area contributed by atoms with E-state index in [2.05, 4.69) is 5.32 Å². The molecule has 0 bridgehead atoms. The predicted octanol–water partition coefficient (Wildman–Crippen LogP) is 3.76. The Morgan fingerprint density at radius 2 is 1.82 bits per heavy atom. The Hall–Kier alpha value is -1.96. The number of carbonyl (C=O) groups is 1. The molecule has 1 fully saturated rings. The summed E-state index contributed by atoms with van der Waals surface area (Å²) in [5, 5.41) is 3.37. The van der Waals surface area contributed by atoms with Gasteiger partial charge in [0, 0.05) is 18.1 Å². The van der Waals surface area contributed by atoms with Gasteiger partial charge in [-0.05, 0) is 61.7 Å². The maximum absolute atomic E-state index is 13.1. The Balaban J connectivity index is 1.67. The zero-order valence-corrected chi connectivity index (χ0v) is 17.0. The van der Waals surface area contributed by atoms with Crippen LogP contribution in [0.5, 0.6) is 0 Å². The lowest BCUT2D eigenvalue weighted by atomic mass is 9.98. The number of piperidine rings is 1. The lowest BCUT2D eigenvalue weighted by molar-refractivity contribution is -0.126. The molecule has 1 amide bonds. The van der Waals surface area contributed by atoms with E-state index in [0.29, 0.717) is 24.4 Å². The van der Waals surface area contributed by atoms with Crippen LogP contribution in [0.4, 0.5) is 4.39 Å². The second-order valence-corrected chi connectivity index (χ2v) is 9.31. The van der Waals surface area contributed by atoms with E-state index in [1.54, 1.807) is 12.1 Å². The number of halogens is 2. The van der Waals surface area contributed by atoms with Gasteiger partial charge in [-0.2, -0.15) is 4.31 Å². The third-order valence-corrected chi connectivity index (χ3v) is 7.07. The highest BCUT2D eigenvalue weighted by Crippen LogP contribution is 2.25. The summed E-state index contributed by atoms with van der Waals surface area (Å²) in [5.41, 5.74) is 0.788. The monoisotopic (exact) mass is 424 g/mol. The standard InChI is InChI=1S/C20H22ClFN2O3S/c1-14(15-4-8-18(22)9-5-15)23-20(25)16-3-2-12-24(13-16)28(26,27)19-10-6-17(21)7-11-19/h4-11,14,16H,2-3,12-13H2,1H3,(H,23,25)/t14-,16+/m1/s1. The molecule has 1 saturated heterocycles. The van der Waals surface area contributed by atoms with Crippen LogP contribution in [-0.4, -0.2) is 31.7 Å². The number of benzene rings is 2. The van der Waals surface area contributed by atoms with Crippen LogP contribution < -0.4 is 5.32 Å². The molecule has 0 aliphatic carbocycles. The molecule has 1 aliphatic rings. The van der Waals surface area contributed by atoms with Gasteiger partial charge in [0.1, 0.15) is 5.82 Å². The van der Waals surface area contributed by atoms with Crippen LogP contribution in [0.1, 0.15) is 31.4 Å². The molecule has 8 heteroatoms. The van der Waals surface area contributed by atoms with E-state index in [-0.39, 0.29) is 29.2 Å². The molecule has 28 heavy (non-hydrogen) atoms. The molecule has 2 atom stereocenters. The van der Waals surface area contributed by atoms with E-state index in [4.69, 9.17) is 11.6 Å². The topological polar surface area (TPSA) is 66.5 Å². The first-order valence-corrected chi connectivity index (χ1v) is 10.9. The van der Waals surface area contributed by atoms with Crippen molar-refractivity contribution < 1.29 is 17.6 Å². The number of nitrogens with zero attached hydrogens (tertiary/aromatic N) is 1. The third kappa shape index (κ3) is 4.71. The molecule has 1 N–H and O–H groups in total. The Labute approximate surface area is 169 Å². The average molecular weight is 425 g/mol. The van der Waals surface area contributed by atoms with Crippen molar-refractivity contribution in [2.75, 3.05) is 13.1 Å². The summed E-state index contributed by atoms with van der Waals surface area (Å²) in [6, 6.07) is 11.7. The molecule has 0 radical (unpaired) electrons. The average Bonchev–Trinajstić information content (AvgIpc) is 2.69. The highest BCUT2D eigenvalue weighted by atomic mass is 35.5. The van der Waals surface area contributed by atoms with Crippen molar-refractivity contribution in [2.24, 2.45) is 5.92 Å². The molecular weight excluding hydrogens is 403 g/mol. The van der Waals surface area contributed by atoms with Gasteiger partial charge >= 0.3 is 0 Å². The van der Waals surface area contributed by atoms with Crippen LogP contribution in [0.3, 0.4) is 0 Å². The third-order valence-electron chi connectivity index (χ3n) is 4.94. The zero-order chi connectivity index (χ0) is 20.3. The Morgan fingerprint density at radius 1 is 1.18 bits per heavy atom. The predicted molar refractivity (Wildman–Crippen MR) is 106 cm³/mol. The largest absolute Gasteiger partial charge is 0.349 e. The first kappa shape index (κ1) is 20.8. The normalized spacial score (nSPS) is 19.2. The smallest absolute Gasteiger partial charge is 0.243 e. The molecule has 2 aromatic carbocycles. The highest BCUT2D eigenvalue weighted by Gasteiger charge is 2.33. The molecule has 1 heterocycles. The highest BCUT2D eigenvalue weighted by molar-refractivity contribution is 7.89. The lowest BCUT2D eigenvalue weighted by Gasteiger charge is -2.32. The van der Waals surface area contributed by atoms with E-state index >= 15 is 0 Å². The fourth-order valence-corrected chi connectivity index (χ4v) is 4.95. The molecule has 5 nitrogen and oxygen atoms in total. The van der Waals surface area contributed by atoms with E-state index in [1.807, 2.05) is 6.92 Å². The summed E-state index contributed by atoms with van der Waals surface area (Å²) in [4.78, 5) is 12.8. The summed E-state index contributed by atoms with van der Waals surface area (Å²) in [7, 11) is -3.68. The van der Waals surface area contributed by atoms with Crippen LogP contribution >= 0.6 is 11.6 Å². The minimum absolute atomic E-state index is 0.132. The molecule has 3 rings (SSSR count). The summed E-state index contributed by atoms with van der Waals surface area (Å²) < 4.78 is 40.1. The van der Waals surface area contributed by atoms with Gasteiger partial charge in [-0.3, -0.25) is 4.79 Å². The summed E-state index contributed by atoms with van der Waals surface area (Å²) >= 11 is 5.84. The van der Waals surface area contributed by atoms with Gasteiger partial charge in [-0.1, -0.05) is 23.7 Å². The molecule has 1 aliphatic heterocycles. The van der Waals surface area contributed by atoms with Crippen LogP contribution in [0.15, 0.2) is 53.4 Å². The maximum atomic E-state index is 13.1. The summed E-state index contributed by atoms with van der Waals surface area (Å²) in [6.07, 6.45) is 1.23. The second-order valence-electron chi connectivity index (χ2n) is 6.94. The second kappa shape index (κ2) is 8.59.